The molecule has 0 atom stereocenters. The van der Waals surface area contributed by atoms with Crippen LogP contribution in [0.1, 0.15) is 21.0 Å². The SMILES string of the molecule is O=C1C=CC(=O)c2c1nc(-c1cccc3ccccc13)n2O. The van der Waals surface area contributed by atoms with E-state index in [1.807, 2.05) is 36.4 Å². The van der Waals surface area contributed by atoms with E-state index in [2.05, 4.69) is 4.98 Å². The summed E-state index contributed by atoms with van der Waals surface area (Å²) in [6.45, 7) is 0. The van der Waals surface area contributed by atoms with Gasteiger partial charge in [0.1, 0.15) is 5.69 Å². The van der Waals surface area contributed by atoms with Gasteiger partial charge in [-0.25, -0.2) is 4.98 Å². The van der Waals surface area contributed by atoms with Crippen molar-refractivity contribution in [1.29, 1.82) is 0 Å². The third-order valence-corrected chi connectivity index (χ3v) is 3.74. The summed E-state index contributed by atoms with van der Waals surface area (Å²) in [5.74, 6) is -0.632. The van der Waals surface area contributed by atoms with Gasteiger partial charge in [-0.2, -0.15) is 4.73 Å². The number of ketones is 2. The lowest BCUT2D eigenvalue weighted by atomic mass is 10.0. The molecule has 0 saturated carbocycles. The van der Waals surface area contributed by atoms with Gasteiger partial charge in [-0.05, 0) is 22.9 Å². The number of imidazole rings is 1. The van der Waals surface area contributed by atoms with Crippen LogP contribution in [0.4, 0.5) is 0 Å². The molecule has 0 saturated heterocycles. The maximum Gasteiger partial charge on any atom is 0.208 e. The second-order valence-electron chi connectivity index (χ2n) is 5.03. The van der Waals surface area contributed by atoms with Gasteiger partial charge in [0.15, 0.2) is 11.5 Å². The van der Waals surface area contributed by atoms with Crippen molar-refractivity contribution in [1.82, 2.24) is 9.71 Å². The highest BCUT2D eigenvalue weighted by Gasteiger charge is 2.29. The Labute approximate surface area is 125 Å². The van der Waals surface area contributed by atoms with Crippen LogP contribution < -0.4 is 0 Å². The summed E-state index contributed by atoms with van der Waals surface area (Å²) < 4.78 is 0.709. The van der Waals surface area contributed by atoms with Crippen molar-refractivity contribution in [3.8, 4) is 11.4 Å². The number of hydrogen-bond acceptors (Lipinski definition) is 4. The number of aromatic nitrogens is 2. The minimum absolute atomic E-state index is 0.0158. The molecule has 4 rings (SSSR count). The van der Waals surface area contributed by atoms with E-state index >= 15 is 0 Å². The summed E-state index contributed by atoms with van der Waals surface area (Å²) in [6.07, 6.45) is 2.32. The lowest BCUT2D eigenvalue weighted by molar-refractivity contribution is 0.0955. The summed E-state index contributed by atoms with van der Waals surface area (Å²) in [6, 6.07) is 13.2. The first kappa shape index (κ1) is 12.5. The third-order valence-electron chi connectivity index (χ3n) is 3.74. The maximum absolute atomic E-state index is 11.9. The number of carbonyl (C=O) groups excluding carboxylic acids is 2. The van der Waals surface area contributed by atoms with Crippen molar-refractivity contribution in [2.75, 3.05) is 0 Å². The zero-order valence-corrected chi connectivity index (χ0v) is 11.4. The number of rotatable bonds is 1. The molecule has 1 heterocycles. The molecule has 1 aliphatic carbocycles. The van der Waals surface area contributed by atoms with Crippen LogP contribution in [0.3, 0.4) is 0 Å². The minimum atomic E-state index is -0.434. The van der Waals surface area contributed by atoms with Gasteiger partial charge in [0.05, 0.1) is 0 Å². The standard InChI is InChI=1S/C17H10N2O3/c20-13-8-9-14(21)16-15(13)18-17(19(16)22)12-7-3-5-10-4-1-2-6-11(10)12/h1-9,22H. The van der Waals surface area contributed by atoms with E-state index in [-0.39, 0.29) is 23.0 Å². The number of nitrogens with zero attached hydrogens (tertiary/aromatic N) is 2. The quantitative estimate of drug-likeness (QED) is 0.699. The molecule has 22 heavy (non-hydrogen) atoms. The van der Waals surface area contributed by atoms with Crippen LogP contribution in [-0.4, -0.2) is 26.5 Å². The molecule has 5 nitrogen and oxygen atoms in total. The molecule has 106 valence electrons. The molecule has 0 spiro atoms. The number of fused-ring (bicyclic) bond motifs is 2. The van der Waals surface area contributed by atoms with E-state index in [9.17, 15) is 14.8 Å². The second kappa shape index (κ2) is 4.39. The molecule has 1 aromatic heterocycles. The first-order valence-electron chi connectivity index (χ1n) is 6.73. The van der Waals surface area contributed by atoms with Crippen LogP contribution >= 0.6 is 0 Å². The van der Waals surface area contributed by atoms with Gasteiger partial charge in [0, 0.05) is 5.56 Å². The molecular weight excluding hydrogens is 280 g/mol. The Bertz CT molecular complexity index is 977. The highest BCUT2D eigenvalue weighted by atomic mass is 16.5. The molecule has 1 aliphatic rings. The van der Waals surface area contributed by atoms with Crippen LogP contribution in [0, 0.1) is 0 Å². The van der Waals surface area contributed by atoms with Crippen molar-refractivity contribution in [3.63, 3.8) is 0 Å². The van der Waals surface area contributed by atoms with E-state index in [0.29, 0.717) is 10.3 Å². The van der Waals surface area contributed by atoms with Gasteiger partial charge >= 0.3 is 0 Å². The Morgan fingerprint density at radius 2 is 1.64 bits per heavy atom. The van der Waals surface area contributed by atoms with Crippen LogP contribution in [-0.2, 0) is 0 Å². The fourth-order valence-corrected chi connectivity index (χ4v) is 2.71. The number of allylic oxidation sites excluding steroid dienone is 2. The Morgan fingerprint density at radius 3 is 2.45 bits per heavy atom. The van der Waals surface area contributed by atoms with Crippen LogP contribution in [0.5, 0.6) is 0 Å². The van der Waals surface area contributed by atoms with Crippen molar-refractivity contribution >= 4 is 22.3 Å². The van der Waals surface area contributed by atoms with Crippen LogP contribution in [0.25, 0.3) is 22.2 Å². The summed E-state index contributed by atoms with van der Waals surface area (Å²) in [5.41, 5.74) is 0.559. The Balaban J connectivity index is 2.03. The molecule has 0 aliphatic heterocycles. The average Bonchev–Trinajstić information content (AvgIpc) is 2.89. The summed E-state index contributed by atoms with van der Waals surface area (Å²) in [7, 11) is 0. The van der Waals surface area contributed by atoms with Crippen molar-refractivity contribution in [3.05, 3.63) is 66.0 Å². The first-order valence-corrected chi connectivity index (χ1v) is 6.73. The number of benzene rings is 2. The number of hydrogen-bond donors (Lipinski definition) is 1. The predicted octanol–water partition coefficient (Wildman–Crippen LogP) is 2.88. The van der Waals surface area contributed by atoms with Gasteiger partial charge in [0.25, 0.3) is 0 Å². The molecule has 3 aromatic rings. The maximum atomic E-state index is 11.9. The highest BCUT2D eigenvalue weighted by Crippen LogP contribution is 2.30. The van der Waals surface area contributed by atoms with Crippen LogP contribution in [0.2, 0.25) is 0 Å². The summed E-state index contributed by atoms with van der Waals surface area (Å²) in [4.78, 5) is 28.0. The first-order chi connectivity index (χ1) is 10.7. The van der Waals surface area contributed by atoms with Crippen molar-refractivity contribution in [2.45, 2.75) is 0 Å². The molecular formula is C17H10N2O3. The fourth-order valence-electron chi connectivity index (χ4n) is 2.71. The third kappa shape index (κ3) is 1.62. The minimum Gasteiger partial charge on any atom is -0.426 e. The lowest BCUT2D eigenvalue weighted by Gasteiger charge is -2.06. The predicted molar refractivity (Wildman–Crippen MR) is 80.2 cm³/mol. The lowest BCUT2D eigenvalue weighted by Crippen LogP contribution is -2.14. The van der Waals surface area contributed by atoms with Gasteiger partial charge < -0.3 is 5.21 Å². The van der Waals surface area contributed by atoms with E-state index in [0.717, 1.165) is 16.8 Å². The van der Waals surface area contributed by atoms with E-state index in [1.54, 1.807) is 6.07 Å². The molecule has 1 N–H and O–H groups in total. The largest absolute Gasteiger partial charge is 0.426 e. The van der Waals surface area contributed by atoms with Gasteiger partial charge in [-0.1, -0.05) is 42.5 Å². The number of carbonyl (C=O) groups is 2. The average molecular weight is 290 g/mol. The normalized spacial score (nSPS) is 13.6. The van der Waals surface area contributed by atoms with Crippen LogP contribution in [0.15, 0.2) is 54.6 Å². The fraction of sp³-hybridized carbons (Fsp3) is 0. The Kier molecular flexibility index (Phi) is 2.50. The van der Waals surface area contributed by atoms with Gasteiger partial charge in [-0.3, -0.25) is 9.59 Å². The Morgan fingerprint density at radius 1 is 0.909 bits per heavy atom. The Hall–Kier alpha value is -3.21. The molecule has 0 amide bonds. The summed E-state index contributed by atoms with van der Waals surface area (Å²) >= 11 is 0. The monoisotopic (exact) mass is 290 g/mol. The van der Waals surface area contributed by atoms with Gasteiger partial charge in [-0.15, -0.1) is 0 Å². The molecule has 2 aromatic carbocycles. The van der Waals surface area contributed by atoms with Crippen molar-refractivity contribution < 1.29 is 14.8 Å². The highest BCUT2D eigenvalue weighted by molar-refractivity contribution is 6.21. The molecule has 0 radical (unpaired) electrons. The molecule has 5 heteroatoms. The molecule has 0 bridgehead atoms. The zero-order valence-electron chi connectivity index (χ0n) is 11.4. The van der Waals surface area contributed by atoms with Gasteiger partial charge in [0.2, 0.25) is 11.6 Å². The van der Waals surface area contributed by atoms with E-state index < -0.39 is 5.78 Å². The van der Waals surface area contributed by atoms with E-state index in [1.165, 1.54) is 6.08 Å². The molecule has 0 fully saturated rings. The van der Waals surface area contributed by atoms with Crippen molar-refractivity contribution in [2.24, 2.45) is 0 Å². The smallest absolute Gasteiger partial charge is 0.208 e. The second-order valence-corrected chi connectivity index (χ2v) is 5.03. The summed E-state index contributed by atoms with van der Waals surface area (Å²) in [5, 5.41) is 12.2. The zero-order chi connectivity index (χ0) is 15.3. The molecule has 0 unspecified atom stereocenters. The topological polar surface area (TPSA) is 72.2 Å². The van der Waals surface area contributed by atoms with E-state index in [4.69, 9.17) is 0 Å².